The maximum absolute atomic E-state index is 3.13. The third kappa shape index (κ3) is 4.37. The molecule has 0 N–H and O–H groups in total. The van der Waals surface area contributed by atoms with Crippen LogP contribution < -0.4 is 0 Å². The summed E-state index contributed by atoms with van der Waals surface area (Å²) in [5.41, 5.74) is 2.78. The molecular weight excluding hydrogens is 221 g/mol. The topological polar surface area (TPSA) is 0 Å². The van der Waals surface area contributed by atoms with E-state index < -0.39 is 0 Å². The van der Waals surface area contributed by atoms with E-state index in [0.717, 1.165) is 12.8 Å². The van der Waals surface area contributed by atoms with Gasteiger partial charge in [-0.1, -0.05) is 26.7 Å². The third-order valence-electron chi connectivity index (χ3n) is 1.72. The van der Waals surface area contributed by atoms with Gasteiger partial charge < -0.3 is 7.43 Å². The zero-order valence-corrected chi connectivity index (χ0v) is 11.1. The number of aryl methyl sites for hydroxylation is 2. The Kier molecular flexibility index (Phi) is 9.82. The minimum Gasteiger partial charge on any atom is -0.358 e. The Morgan fingerprint density at radius 1 is 1.08 bits per heavy atom. The average molecular weight is 237 g/mol. The van der Waals surface area contributed by atoms with Crippen LogP contribution in [0.15, 0.2) is 18.2 Å². The van der Waals surface area contributed by atoms with Gasteiger partial charge in [0.15, 0.2) is 0 Å². The smallest absolute Gasteiger partial charge is 0 e. The van der Waals surface area contributed by atoms with E-state index in [-0.39, 0.29) is 40.1 Å². The first-order valence-electron chi connectivity index (χ1n) is 3.85. The number of rotatable bonds is 2. The summed E-state index contributed by atoms with van der Waals surface area (Å²) in [7, 11) is 0. The van der Waals surface area contributed by atoms with Crippen LogP contribution in [0.4, 0.5) is 0 Å². The molecule has 65 valence electrons. The quantitative estimate of drug-likeness (QED) is 0.693. The van der Waals surface area contributed by atoms with Crippen molar-refractivity contribution >= 4 is 0 Å². The van der Waals surface area contributed by atoms with Gasteiger partial charge in [0, 0.05) is 32.7 Å². The van der Waals surface area contributed by atoms with Crippen molar-refractivity contribution in [3.8, 4) is 0 Å². The summed E-state index contributed by atoms with van der Waals surface area (Å²) in [6, 6.07) is 9.49. The molecule has 0 saturated heterocycles. The maximum atomic E-state index is 3.13. The molecule has 1 rings (SSSR count). The van der Waals surface area contributed by atoms with Crippen LogP contribution in [-0.4, -0.2) is 0 Å². The Morgan fingerprint density at radius 3 is 1.83 bits per heavy atom. The second-order valence-electron chi connectivity index (χ2n) is 2.46. The van der Waals surface area contributed by atoms with Crippen molar-refractivity contribution in [2.75, 3.05) is 0 Å². The molecule has 0 amide bonds. The van der Waals surface area contributed by atoms with E-state index in [1.54, 1.807) is 0 Å². The zero-order valence-electron chi connectivity index (χ0n) is 8.22. The van der Waals surface area contributed by atoms with Gasteiger partial charge in [0.2, 0.25) is 0 Å². The van der Waals surface area contributed by atoms with Gasteiger partial charge >= 0.3 is 0 Å². The molecule has 0 aromatic heterocycles. The van der Waals surface area contributed by atoms with Crippen LogP contribution >= 0.6 is 0 Å². The van der Waals surface area contributed by atoms with E-state index >= 15 is 0 Å². The second-order valence-corrected chi connectivity index (χ2v) is 2.46. The van der Waals surface area contributed by atoms with Crippen LogP contribution in [0.1, 0.15) is 25.0 Å². The molecule has 0 heterocycles. The van der Waals surface area contributed by atoms with E-state index in [4.69, 9.17) is 0 Å². The molecule has 12 heavy (non-hydrogen) atoms. The van der Waals surface area contributed by atoms with Gasteiger partial charge in [0.05, 0.1) is 0 Å². The summed E-state index contributed by atoms with van der Waals surface area (Å²) in [5, 5.41) is 0. The van der Waals surface area contributed by atoms with E-state index in [1.165, 1.54) is 11.1 Å². The van der Waals surface area contributed by atoms with E-state index in [9.17, 15) is 0 Å². The standard InChI is InChI=1S/C10H13.CH3.Y/c1-3-9-6-5-7-10(4-2)8-9;;/h6-8H,3-4H2,1-2H3;1H3;/q2*-1;. The van der Waals surface area contributed by atoms with Gasteiger partial charge in [-0.25, -0.2) is 0 Å². The Labute approximate surface area is 102 Å². The molecule has 1 aromatic rings. The predicted molar refractivity (Wildman–Crippen MR) is 50.4 cm³/mol. The van der Waals surface area contributed by atoms with Crippen LogP contribution in [0.2, 0.25) is 0 Å². The van der Waals surface area contributed by atoms with Crippen molar-refractivity contribution in [2.45, 2.75) is 26.7 Å². The van der Waals surface area contributed by atoms with Gasteiger partial charge in [0.25, 0.3) is 0 Å². The van der Waals surface area contributed by atoms with Crippen molar-refractivity contribution in [3.63, 3.8) is 0 Å². The molecule has 0 aliphatic heterocycles. The number of benzene rings is 1. The zero-order chi connectivity index (χ0) is 7.40. The van der Waals surface area contributed by atoms with Crippen molar-refractivity contribution in [3.05, 3.63) is 42.8 Å². The Hall–Kier alpha value is 0.324. The van der Waals surface area contributed by atoms with Gasteiger partial charge in [0.1, 0.15) is 0 Å². The van der Waals surface area contributed by atoms with Gasteiger partial charge in [-0.05, 0) is 0 Å². The number of hydrogen-bond donors (Lipinski definition) is 0. The van der Waals surface area contributed by atoms with Crippen LogP contribution in [0, 0.1) is 13.5 Å². The maximum Gasteiger partial charge on any atom is 0 e. The Morgan fingerprint density at radius 2 is 1.50 bits per heavy atom. The first-order chi connectivity index (χ1) is 4.86. The fourth-order valence-corrected chi connectivity index (χ4v) is 0.985. The fraction of sp³-hybridized carbons (Fsp3) is 0.364. The Balaban J connectivity index is 0. The molecule has 0 unspecified atom stereocenters. The largest absolute Gasteiger partial charge is 0.358 e. The molecule has 0 spiro atoms. The minimum absolute atomic E-state index is 0. The van der Waals surface area contributed by atoms with Gasteiger partial charge in [-0.2, -0.15) is 35.4 Å². The van der Waals surface area contributed by atoms with E-state index in [2.05, 4.69) is 38.1 Å². The molecule has 0 nitrogen and oxygen atoms in total. The monoisotopic (exact) mass is 237 g/mol. The molecule has 0 aliphatic carbocycles. The first-order valence-corrected chi connectivity index (χ1v) is 3.85. The van der Waals surface area contributed by atoms with Crippen LogP contribution in [0.3, 0.4) is 0 Å². The van der Waals surface area contributed by atoms with Crippen LogP contribution in [-0.2, 0) is 45.6 Å². The van der Waals surface area contributed by atoms with Crippen LogP contribution in [0.5, 0.6) is 0 Å². The molecule has 0 aliphatic rings. The summed E-state index contributed by atoms with van der Waals surface area (Å²) < 4.78 is 0. The van der Waals surface area contributed by atoms with Crippen molar-refractivity contribution in [2.24, 2.45) is 0 Å². The Bertz CT molecular complexity index is 187. The third-order valence-corrected chi connectivity index (χ3v) is 1.72. The number of hydrogen-bond acceptors (Lipinski definition) is 0. The molecule has 0 saturated carbocycles. The molecule has 1 heteroatoms. The van der Waals surface area contributed by atoms with Crippen LogP contribution in [0.25, 0.3) is 0 Å². The molecule has 0 bridgehead atoms. The average Bonchev–Trinajstić information content (AvgIpc) is 2.05. The minimum atomic E-state index is 0. The second kappa shape index (κ2) is 7.95. The SMILES string of the molecule is CCc1c[c-]cc(CC)c1.[CH3-].[Y]. The molecule has 0 atom stereocenters. The summed E-state index contributed by atoms with van der Waals surface area (Å²) in [4.78, 5) is 0. The summed E-state index contributed by atoms with van der Waals surface area (Å²) in [6.07, 6.45) is 2.23. The first kappa shape index (κ1) is 14.8. The summed E-state index contributed by atoms with van der Waals surface area (Å²) >= 11 is 0. The van der Waals surface area contributed by atoms with Gasteiger partial charge in [-0.3, -0.25) is 0 Å². The van der Waals surface area contributed by atoms with E-state index in [1.807, 2.05) is 0 Å². The molecule has 1 aromatic carbocycles. The molecule has 0 fully saturated rings. The van der Waals surface area contributed by atoms with Crippen molar-refractivity contribution in [1.82, 2.24) is 0 Å². The fourth-order valence-electron chi connectivity index (χ4n) is 0.985. The van der Waals surface area contributed by atoms with Crippen molar-refractivity contribution < 1.29 is 32.7 Å². The van der Waals surface area contributed by atoms with Crippen molar-refractivity contribution in [1.29, 1.82) is 0 Å². The molecule has 1 radical (unpaired) electrons. The summed E-state index contributed by atoms with van der Waals surface area (Å²) in [6.45, 7) is 4.34. The summed E-state index contributed by atoms with van der Waals surface area (Å²) in [5.74, 6) is 0. The van der Waals surface area contributed by atoms with Gasteiger partial charge in [-0.15, -0.1) is 0 Å². The molecular formula is C11H16Y-2. The normalized spacial score (nSPS) is 8.17. The van der Waals surface area contributed by atoms with E-state index in [0.29, 0.717) is 0 Å². The predicted octanol–water partition coefficient (Wildman–Crippen LogP) is 3.06.